The van der Waals surface area contributed by atoms with E-state index >= 15 is 0 Å². The van der Waals surface area contributed by atoms with Gasteiger partial charge in [0.05, 0.1) is 18.6 Å². The highest BCUT2D eigenvalue weighted by atomic mass is 16.5. The number of nitrogens with zero attached hydrogens (tertiary/aromatic N) is 1. The Kier molecular flexibility index (Phi) is 2.87. The van der Waals surface area contributed by atoms with E-state index in [1.54, 1.807) is 18.1 Å². The lowest BCUT2D eigenvalue weighted by molar-refractivity contribution is -0.148. The minimum atomic E-state index is -0.951. The maximum atomic E-state index is 12.4. The van der Waals surface area contributed by atoms with Crippen LogP contribution in [0.4, 0.5) is 0 Å². The summed E-state index contributed by atoms with van der Waals surface area (Å²) >= 11 is 0. The average Bonchev–Trinajstić information content (AvgIpc) is 2.99. The molecule has 3 heterocycles. The molecule has 1 amide bonds. The smallest absolute Gasteiger partial charge is 0.310 e. The predicted octanol–water partition coefficient (Wildman–Crippen LogP) is -0.111. The summed E-state index contributed by atoms with van der Waals surface area (Å²) in [5, 5.41) is 9.29. The van der Waals surface area contributed by atoms with Crippen molar-refractivity contribution in [2.24, 2.45) is 11.8 Å². The van der Waals surface area contributed by atoms with Gasteiger partial charge in [0.25, 0.3) is 0 Å². The molecule has 0 aromatic heterocycles. The molecule has 0 aromatic carbocycles. The lowest BCUT2D eigenvalue weighted by Gasteiger charge is -2.21. The third-order valence-electron chi connectivity index (χ3n) is 4.24. The van der Waals surface area contributed by atoms with Gasteiger partial charge in [-0.1, -0.05) is 12.2 Å². The van der Waals surface area contributed by atoms with E-state index in [1.807, 2.05) is 6.08 Å². The number of hydrogen-bond acceptors (Lipinski definition) is 4. The first-order valence-electron chi connectivity index (χ1n) is 6.47. The largest absolute Gasteiger partial charge is 0.481 e. The van der Waals surface area contributed by atoms with Crippen molar-refractivity contribution in [3.8, 4) is 0 Å². The summed E-state index contributed by atoms with van der Waals surface area (Å²) < 4.78 is 10.8. The Hall–Kier alpha value is -1.40. The van der Waals surface area contributed by atoms with Gasteiger partial charge in [-0.15, -0.1) is 0 Å². The van der Waals surface area contributed by atoms with Crippen LogP contribution >= 0.6 is 0 Å². The summed E-state index contributed by atoms with van der Waals surface area (Å²) in [5.41, 5.74) is -0.710. The number of fused-ring (bicyclic) bond motifs is 1. The number of carboxylic acids is 1. The second-order valence-electron chi connectivity index (χ2n) is 5.34. The van der Waals surface area contributed by atoms with Crippen LogP contribution in [0, 0.1) is 11.8 Å². The SMILES string of the molecule is COCCCN1C[C@]23C=C[C@H](O2)[C@H](C(=O)O)[C@H]3C1=O. The molecule has 104 valence electrons. The molecule has 19 heavy (non-hydrogen) atoms. The van der Waals surface area contributed by atoms with E-state index in [4.69, 9.17) is 9.47 Å². The molecule has 0 unspecified atom stereocenters. The Bertz CT molecular complexity index is 448. The molecule has 2 fully saturated rings. The van der Waals surface area contributed by atoms with Gasteiger partial charge in [-0.3, -0.25) is 9.59 Å². The number of amides is 1. The summed E-state index contributed by atoms with van der Waals surface area (Å²) in [6.45, 7) is 1.62. The number of rotatable bonds is 5. The Morgan fingerprint density at radius 2 is 2.47 bits per heavy atom. The Labute approximate surface area is 111 Å². The fourth-order valence-corrected chi connectivity index (χ4v) is 3.45. The molecule has 0 radical (unpaired) electrons. The van der Waals surface area contributed by atoms with Gasteiger partial charge in [0, 0.05) is 20.3 Å². The van der Waals surface area contributed by atoms with Crippen LogP contribution in [0.3, 0.4) is 0 Å². The minimum absolute atomic E-state index is 0.102. The van der Waals surface area contributed by atoms with Crippen LogP contribution < -0.4 is 0 Å². The fourth-order valence-electron chi connectivity index (χ4n) is 3.45. The highest BCUT2D eigenvalue weighted by molar-refractivity contribution is 5.90. The lowest BCUT2D eigenvalue weighted by Crippen LogP contribution is -2.39. The van der Waals surface area contributed by atoms with Crippen LogP contribution in [-0.4, -0.2) is 60.4 Å². The van der Waals surface area contributed by atoms with Crippen LogP contribution in [0.1, 0.15) is 6.42 Å². The molecular weight excluding hydrogens is 250 g/mol. The molecule has 3 aliphatic rings. The molecule has 1 spiro atoms. The Morgan fingerprint density at radius 3 is 3.16 bits per heavy atom. The standard InChI is InChI=1S/C13H17NO5/c1-18-6-2-5-14-7-13-4-3-8(19-13)9(12(16)17)10(13)11(14)15/h3-4,8-10H,2,5-7H2,1H3,(H,16,17)/t8-,9-,10-,13-/m0/s1. The van der Waals surface area contributed by atoms with E-state index in [9.17, 15) is 14.7 Å². The van der Waals surface area contributed by atoms with Crippen molar-refractivity contribution in [1.29, 1.82) is 0 Å². The van der Waals surface area contributed by atoms with Crippen molar-refractivity contribution in [3.63, 3.8) is 0 Å². The fraction of sp³-hybridized carbons (Fsp3) is 0.692. The molecular formula is C13H17NO5. The number of likely N-dealkylation sites (tertiary alicyclic amines) is 1. The van der Waals surface area contributed by atoms with E-state index in [1.165, 1.54) is 0 Å². The second kappa shape index (κ2) is 4.31. The number of carboxylic acid groups (broad SMARTS) is 1. The zero-order chi connectivity index (χ0) is 13.6. The van der Waals surface area contributed by atoms with E-state index in [2.05, 4.69) is 0 Å². The first-order chi connectivity index (χ1) is 9.09. The quantitative estimate of drug-likeness (QED) is 0.555. The van der Waals surface area contributed by atoms with Gasteiger partial charge in [-0.05, 0) is 6.42 Å². The summed E-state index contributed by atoms with van der Waals surface area (Å²) in [5.74, 6) is -2.36. The van der Waals surface area contributed by atoms with E-state index in [0.29, 0.717) is 19.7 Å². The molecule has 4 atom stereocenters. The minimum Gasteiger partial charge on any atom is -0.481 e. The molecule has 3 rings (SSSR count). The predicted molar refractivity (Wildman–Crippen MR) is 64.4 cm³/mol. The van der Waals surface area contributed by atoms with Gasteiger partial charge in [-0.2, -0.15) is 0 Å². The summed E-state index contributed by atoms with van der Waals surface area (Å²) in [4.78, 5) is 25.4. The second-order valence-corrected chi connectivity index (χ2v) is 5.34. The van der Waals surface area contributed by atoms with Crippen molar-refractivity contribution in [3.05, 3.63) is 12.2 Å². The van der Waals surface area contributed by atoms with Crippen molar-refractivity contribution in [2.75, 3.05) is 26.8 Å². The Balaban J connectivity index is 1.79. The first-order valence-corrected chi connectivity index (χ1v) is 6.47. The van der Waals surface area contributed by atoms with Crippen LogP contribution in [-0.2, 0) is 19.1 Å². The summed E-state index contributed by atoms with van der Waals surface area (Å²) in [7, 11) is 1.62. The maximum Gasteiger partial charge on any atom is 0.310 e. The number of hydrogen-bond donors (Lipinski definition) is 1. The van der Waals surface area contributed by atoms with Crippen molar-refractivity contribution < 1.29 is 24.2 Å². The number of methoxy groups -OCH3 is 1. The van der Waals surface area contributed by atoms with Gasteiger partial charge in [0.2, 0.25) is 5.91 Å². The monoisotopic (exact) mass is 267 g/mol. The summed E-state index contributed by atoms with van der Waals surface area (Å²) in [6.07, 6.45) is 3.94. The van der Waals surface area contributed by atoms with Gasteiger partial charge in [0.1, 0.15) is 11.5 Å². The molecule has 6 heteroatoms. The van der Waals surface area contributed by atoms with Gasteiger partial charge >= 0.3 is 5.97 Å². The lowest BCUT2D eigenvalue weighted by atomic mass is 9.77. The highest BCUT2D eigenvalue weighted by Crippen LogP contribution is 2.51. The van der Waals surface area contributed by atoms with E-state index in [-0.39, 0.29) is 5.91 Å². The number of aliphatic carboxylic acids is 1. The highest BCUT2D eigenvalue weighted by Gasteiger charge is 2.66. The zero-order valence-electron chi connectivity index (χ0n) is 10.7. The molecule has 0 saturated carbocycles. The molecule has 0 aromatic rings. The Morgan fingerprint density at radius 1 is 1.68 bits per heavy atom. The topological polar surface area (TPSA) is 76.1 Å². The number of carbonyl (C=O) groups excluding carboxylic acids is 1. The van der Waals surface area contributed by atoms with Crippen LogP contribution in [0.15, 0.2) is 12.2 Å². The van der Waals surface area contributed by atoms with Crippen molar-refractivity contribution in [1.82, 2.24) is 4.90 Å². The zero-order valence-corrected chi connectivity index (χ0v) is 10.7. The van der Waals surface area contributed by atoms with Gasteiger partial charge < -0.3 is 19.5 Å². The van der Waals surface area contributed by atoms with E-state index in [0.717, 1.165) is 6.42 Å². The molecule has 1 N–H and O–H groups in total. The van der Waals surface area contributed by atoms with E-state index < -0.39 is 29.5 Å². The maximum absolute atomic E-state index is 12.4. The molecule has 2 saturated heterocycles. The third-order valence-corrected chi connectivity index (χ3v) is 4.24. The summed E-state index contributed by atoms with van der Waals surface area (Å²) in [6, 6.07) is 0. The molecule has 3 aliphatic heterocycles. The average molecular weight is 267 g/mol. The molecule has 2 bridgehead atoms. The van der Waals surface area contributed by atoms with Crippen LogP contribution in [0.2, 0.25) is 0 Å². The third kappa shape index (κ3) is 1.70. The normalized spacial score (nSPS) is 39.1. The van der Waals surface area contributed by atoms with Crippen molar-refractivity contribution >= 4 is 11.9 Å². The first kappa shape index (κ1) is 12.6. The van der Waals surface area contributed by atoms with Crippen molar-refractivity contribution in [2.45, 2.75) is 18.1 Å². The van der Waals surface area contributed by atoms with Gasteiger partial charge in [-0.25, -0.2) is 0 Å². The van der Waals surface area contributed by atoms with Crippen LogP contribution in [0.5, 0.6) is 0 Å². The number of carbonyl (C=O) groups is 2. The number of ether oxygens (including phenoxy) is 2. The van der Waals surface area contributed by atoms with Crippen LogP contribution in [0.25, 0.3) is 0 Å². The molecule has 6 nitrogen and oxygen atoms in total. The van der Waals surface area contributed by atoms with Gasteiger partial charge in [0.15, 0.2) is 0 Å². The molecule has 0 aliphatic carbocycles.